The minimum absolute atomic E-state index is 0.166. The molecule has 1 aliphatic rings. The average Bonchev–Trinajstić information content (AvgIpc) is 2.56. The van der Waals surface area contributed by atoms with Gasteiger partial charge in [-0.15, -0.1) is 0 Å². The lowest BCUT2D eigenvalue weighted by atomic mass is 10.0. The first kappa shape index (κ1) is 21.4. The van der Waals surface area contributed by atoms with Gasteiger partial charge in [0.25, 0.3) is 0 Å². The van der Waals surface area contributed by atoms with Crippen LogP contribution in [-0.4, -0.2) is 67.2 Å². The summed E-state index contributed by atoms with van der Waals surface area (Å²) in [5, 5.41) is 6.47. The Morgan fingerprint density at radius 2 is 1.92 bits per heavy atom. The summed E-state index contributed by atoms with van der Waals surface area (Å²) in [6, 6.07) is 0. The zero-order chi connectivity index (χ0) is 17.8. The molecule has 0 aliphatic carbocycles. The van der Waals surface area contributed by atoms with Crippen LogP contribution in [0.15, 0.2) is 4.99 Å². The second kappa shape index (κ2) is 11.8. The highest BCUT2D eigenvalue weighted by atomic mass is 32.2. The van der Waals surface area contributed by atoms with Crippen molar-refractivity contribution in [1.29, 1.82) is 0 Å². The molecule has 0 aromatic heterocycles. The highest BCUT2D eigenvalue weighted by molar-refractivity contribution is 7.86. The van der Waals surface area contributed by atoms with Gasteiger partial charge >= 0.3 is 0 Å². The maximum absolute atomic E-state index is 12.0. The molecule has 1 unspecified atom stereocenters. The van der Waals surface area contributed by atoms with Gasteiger partial charge in [0.05, 0.1) is 0 Å². The van der Waals surface area contributed by atoms with E-state index in [9.17, 15) is 4.21 Å². The third kappa shape index (κ3) is 9.59. The van der Waals surface area contributed by atoms with E-state index in [2.05, 4.69) is 15.6 Å². The summed E-state index contributed by atoms with van der Waals surface area (Å²) in [6.07, 6.45) is 3.17. The van der Waals surface area contributed by atoms with Crippen LogP contribution in [0, 0.1) is 5.92 Å². The van der Waals surface area contributed by atoms with Crippen LogP contribution >= 0.6 is 0 Å². The summed E-state index contributed by atoms with van der Waals surface area (Å²) in [7, 11) is 0.905. The lowest BCUT2D eigenvalue weighted by molar-refractivity contribution is 0.0203. The molecular formula is C17H35N3O3S. The molecule has 24 heavy (non-hydrogen) atoms. The van der Waals surface area contributed by atoms with E-state index in [0.717, 1.165) is 58.2 Å². The second-order valence-electron chi connectivity index (χ2n) is 7.07. The molecule has 0 radical (unpaired) electrons. The number of nitrogens with zero attached hydrogens (tertiary/aromatic N) is 1. The molecule has 1 heterocycles. The zero-order valence-electron chi connectivity index (χ0n) is 15.7. The first-order valence-corrected chi connectivity index (χ1v) is 10.2. The third-order valence-corrected chi connectivity index (χ3v) is 5.88. The van der Waals surface area contributed by atoms with Gasteiger partial charge in [-0.3, -0.25) is 9.20 Å². The highest BCUT2D eigenvalue weighted by Gasteiger charge is 2.18. The quantitative estimate of drug-likeness (QED) is 0.370. The fraction of sp³-hybridized carbons (Fsp3) is 0.941. The first-order valence-electron chi connectivity index (χ1n) is 8.92. The van der Waals surface area contributed by atoms with Crippen LogP contribution in [-0.2, 0) is 20.3 Å². The van der Waals surface area contributed by atoms with Gasteiger partial charge < -0.3 is 20.1 Å². The summed E-state index contributed by atoms with van der Waals surface area (Å²) in [6.45, 7) is 10.8. The molecule has 7 heteroatoms. The lowest BCUT2D eigenvalue weighted by Gasteiger charge is -2.21. The monoisotopic (exact) mass is 361 g/mol. The smallest absolute Gasteiger partial charge is 0.191 e. The Bertz CT molecular complexity index is 391. The van der Waals surface area contributed by atoms with Crippen molar-refractivity contribution in [2.45, 2.75) is 44.8 Å². The van der Waals surface area contributed by atoms with E-state index in [1.54, 1.807) is 7.05 Å². The predicted octanol–water partition coefficient (Wildman–Crippen LogP) is 1.53. The molecule has 0 spiro atoms. The van der Waals surface area contributed by atoms with E-state index >= 15 is 0 Å². The van der Waals surface area contributed by atoms with Crippen LogP contribution in [0.5, 0.6) is 0 Å². The molecule has 0 aromatic rings. The van der Waals surface area contributed by atoms with Crippen LogP contribution in [0.4, 0.5) is 0 Å². The number of rotatable bonds is 9. The Morgan fingerprint density at radius 1 is 1.25 bits per heavy atom. The summed E-state index contributed by atoms with van der Waals surface area (Å²) in [5.41, 5.74) is 0. The Balaban J connectivity index is 2.02. The van der Waals surface area contributed by atoms with Gasteiger partial charge in [-0.2, -0.15) is 0 Å². The standard InChI is InChI=1S/C17H35N3O3S/c1-17(2,3)24(21)13-9-20-16(18-4)19-8-5-10-23-14-15-6-11-22-12-7-15/h15H,5-14H2,1-4H3,(H2,18,19,20). The normalized spacial score (nSPS) is 18.4. The fourth-order valence-electron chi connectivity index (χ4n) is 2.33. The number of hydrogen-bond donors (Lipinski definition) is 2. The van der Waals surface area contributed by atoms with Gasteiger partial charge in [-0.1, -0.05) is 0 Å². The van der Waals surface area contributed by atoms with Crippen molar-refractivity contribution < 1.29 is 13.7 Å². The molecule has 1 atom stereocenters. The van der Waals surface area contributed by atoms with Crippen molar-refractivity contribution in [3.05, 3.63) is 0 Å². The minimum Gasteiger partial charge on any atom is -0.381 e. The Hall–Kier alpha value is -0.660. The van der Waals surface area contributed by atoms with Crippen LogP contribution in [0.25, 0.3) is 0 Å². The topological polar surface area (TPSA) is 72.0 Å². The van der Waals surface area contributed by atoms with Crippen molar-refractivity contribution in [1.82, 2.24) is 10.6 Å². The SMILES string of the molecule is CN=C(NCCCOCC1CCOCC1)NCCS(=O)C(C)(C)C. The van der Waals surface area contributed by atoms with Gasteiger partial charge in [0, 0.05) is 67.9 Å². The number of ether oxygens (including phenoxy) is 2. The molecule has 0 saturated carbocycles. The molecule has 0 bridgehead atoms. The molecule has 1 saturated heterocycles. The average molecular weight is 362 g/mol. The molecule has 1 fully saturated rings. The number of hydrogen-bond acceptors (Lipinski definition) is 4. The Labute approximate surface area is 149 Å². The molecular weight excluding hydrogens is 326 g/mol. The number of guanidine groups is 1. The maximum atomic E-state index is 12.0. The summed E-state index contributed by atoms with van der Waals surface area (Å²) in [4.78, 5) is 4.18. The molecule has 1 rings (SSSR count). The summed E-state index contributed by atoms with van der Waals surface area (Å²) < 4.78 is 22.9. The van der Waals surface area contributed by atoms with E-state index in [0.29, 0.717) is 18.2 Å². The fourth-order valence-corrected chi connectivity index (χ4v) is 3.23. The Kier molecular flexibility index (Phi) is 10.5. The second-order valence-corrected chi connectivity index (χ2v) is 9.40. The van der Waals surface area contributed by atoms with Gasteiger partial charge in [0.1, 0.15) is 0 Å². The van der Waals surface area contributed by atoms with Crippen LogP contribution < -0.4 is 10.6 Å². The lowest BCUT2D eigenvalue weighted by Crippen LogP contribution is -2.40. The number of aliphatic imine (C=N–C) groups is 1. The van der Waals surface area contributed by atoms with Gasteiger partial charge in [0.15, 0.2) is 5.96 Å². The van der Waals surface area contributed by atoms with Crippen molar-refractivity contribution >= 4 is 16.8 Å². The van der Waals surface area contributed by atoms with E-state index in [1.165, 1.54) is 0 Å². The molecule has 6 nitrogen and oxygen atoms in total. The summed E-state index contributed by atoms with van der Waals surface area (Å²) in [5.74, 6) is 2.04. The van der Waals surface area contributed by atoms with Gasteiger partial charge in [-0.25, -0.2) is 0 Å². The highest BCUT2D eigenvalue weighted by Crippen LogP contribution is 2.14. The number of nitrogens with one attached hydrogen (secondary N) is 2. The van der Waals surface area contributed by atoms with Crippen LogP contribution in [0.1, 0.15) is 40.0 Å². The van der Waals surface area contributed by atoms with Gasteiger partial charge in [-0.05, 0) is 46.0 Å². The first-order chi connectivity index (χ1) is 11.4. The maximum Gasteiger partial charge on any atom is 0.191 e. The van der Waals surface area contributed by atoms with Crippen LogP contribution in [0.2, 0.25) is 0 Å². The van der Waals surface area contributed by atoms with E-state index < -0.39 is 10.8 Å². The third-order valence-electron chi connectivity index (χ3n) is 3.94. The molecule has 1 aliphatic heterocycles. The van der Waals surface area contributed by atoms with Crippen molar-refractivity contribution in [3.8, 4) is 0 Å². The minimum atomic E-state index is -0.843. The zero-order valence-corrected chi connectivity index (χ0v) is 16.5. The van der Waals surface area contributed by atoms with E-state index in [1.807, 2.05) is 20.8 Å². The molecule has 0 amide bonds. The summed E-state index contributed by atoms with van der Waals surface area (Å²) >= 11 is 0. The van der Waals surface area contributed by atoms with Crippen molar-refractivity contribution in [2.75, 3.05) is 52.3 Å². The predicted molar refractivity (Wildman–Crippen MR) is 101 cm³/mol. The van der Waals surface area contributed by atoms with E-state index in [-0.39, 0.29) is 4.75 Å². The largest absolute Gasteiger partial charge is 0.381 e. The van der Waals surface area contributed by atoms with Gasteiger partial charge in [0.2, 0.25) is 0 Å². The molecule has 2 N–H and O–H groups in total. The molecule has 0 aromatic carbocycles. The van der Waals surface area contributed by atoms with Crippen molar-refractivity contribution in [2.24, 2.45) is 10.9 Å². The van der Waals surface area contributed by atoms with E-state index in [4.69, 9.17) is 9.47 Å². The van der Waals surface area contributed by atoms with Crippen molar-refractivity contribution in [3.63, 3.8) is 0 Å². The Morgan fingerprint density at radius 3 is 2.54 bits per heavy atom. The van der Waals surface area contributed by atoms with Crippen LogP contribution in [0.3, 0.4) is 0 Å². The molecule has 142 valence electrons.